The Hall–Kier alpha value is -1.75. The second-order valence-corrected chi connectivity index (χ2v) is 6.43. The molecule has 0 saturated heterocycles. The molecule has 0 unspecified atom stereocenters. The van der Waals surface area contributed by atoms with Crippen molar-refractivity contribution in [2.24, 2.45) is 0 Å². The van der Waals surface area contributed by atoms with Gasteiger partial charge in [-0.3, -0.25) is 4.79 Å². The summed E-state index contributed by atoms with van der Waals surface area (Å²) in [5.74, 6) is -0.961. The highest BCUT2D eigenvalue weighted by Crippen LogP contribution is 2.32. The van der Waals surface area contributed by atoms with Crippen LogP contribution >= 0.6 is 34.8 Å². The van der Waals surface area contributed by atoms with Gasteiger partial charge in [0.25, 0.3) is 5.91 Å². The molecule has 132 valence electrons. The van der Waals surface area contributed by atoms with Crippen LogP contribution in [0.15, 0.2) is 36.4 Å². The zero-order valence-corrected chi connectivity index (χ0v) is 15.7. The fraction of sp³-hybridized carbons (Fsp3) is 0.222. The first kappa shape index (κ1) is 19.6. The fourth-order valence-electron chi connectivity index (χ4n) is 2.05. The van der Waals surface area contributed by atoms with Crippen molar-refractivity contribution in [1.82, 2.24) is 0 Å². The molecule has 4 nitrogen and oxygen atoms in total. The zero-order chi connectivity index (χ0) is 18.4. The summed E-state index contributed by atoms with van der Waals surface area (Å²) < 4.78 is 5.16. The number of unbranched alkanes of at least 4 members (excludes halogenated alkanes) is 1. The molecule has 0 radical (unpaired) electrons. The van der Waals surface area contributed by atoms with Crippen LogP contribution in [0.1, 0.15) is 40.5 Å². The van der Waals surface area contributed by atoms with Gasteiger partial charge in [-0.25, -0.2) is 4.79 Å². The first-order valence-corrected chi connectivity index (χ1v) is 8.79. The number of esters is 1. The third-order valence-electron chi connectivity index (χ3n) is 3.36. The van der Waals surface area contributed by atoms with Gasteiger partial charge in [-0.1, -0.05) is 54.2 Å². The predicted molar refractivity (Wildman–Crippen MR) is 101 cm³/mol. The van der Waals surface area contributed by atoms with Crippen LogP contribution in [-0.2, 0) is 4.74 Å². The number of ether oxygens (including phenoxy) is 1. The van der Waals surface area contributed by atoms with E-state index in [1.807, 2.05) is 6.92 Å². The molecule has 0 aromatic heterocycles. The number of benzene rings is 2. The first-order valence-electron chi connectivity index (χ1n) is 7.66. The molecule has 0 aliphatic heterocycles. The lowest BCUT2D eigenvalue weighted by Gasteiger charge is -2.10. The molecule has 2 aromatic carbocycles. The summed E-state index contributed by atoms with van der Waals surface area (Å²) in [6.07, 6.45) is 1.73. The van der Waals surface area contributed by atoms with Gasteiger partial charge in [-0.2, -0.15) is 0 Å². The van der Waals surface area contributed by atoms with Crippen molar-refractivity contribution >= 4 is 52.4 Å². The number of rotatable bonds is 6. The summed E-state index contributed by atoms with van der Waals surface area (Å²) in [6.45, 7) is 2.37. The van der Waals surface area contributed by atoms with Gasteiger partial charge in [0, 0.05) is 5.69 Å². The molecule has 7 heteroatoms. The van der Waals surface area contributed by atoms with E-state index < -0.39 is 11.9 Å². The van der Waals surface area contributed by atoms with Gasteiger partial charge in [-0.05, 0) is 36.8 Å². The molecule has 0 heterocycles. The number of nitrogens with one attached hydrogen (secondary N) is 1. The van der Waals surface area contributed by atoms with Crippen molar-refractivity contribution < 1.29 is 14.3 Å². The largest absolute Gasteiger partial charge is 0.462 e. The Morgan fingerprint density at radius 3 is 2.52 bits per heavy atom. The van der Waals surface area contributed by atoms with E-state index in [0.717, 1.165) is 12.8 Å². The van der Waals surface area contributed by atoms with Crippen molar-refractivity contribution in [3.8, 4) is 0 Å². The molecule has 1 amide bonds. The van der Waals surface area contributed by atoms with Gasteiger partial charge in [0.1, 0.15) is 0 Å². The number of halogens is 3. The van der Waals surface area contributed by atoms with Crippen LogP contribution in [0.5, 0.6) is 0 Å². The van der Waals surface area contributed by atoms with Gasteiger partial charge in [-0.15, -0.1) is 0 Å². The zero-order valence-electron chi connectivity index (χ0n) is 13.4. The second kappa shape index (κ2) is 9.09. The monoisotopic (exact) mass is 399 g/mol. The van der Waals surface area contributed by atoms with Gasteiger partial charge in [0.05, 0.1) is 32.8 Å². The molecular weight excluding hydrogens is 385 g/mol. The lowest BCUT2D eigenvalue weighted by Crippen LogP contribution is -2.14. The Morgan fingerprint density at radius 1 is 1.08 bits per heavy atom. The molecule has 0 bridgehead atoms. The number of anilines is 1. The average molecular weight is 401 g/mol. The molecule has 0 saturated carbocycles. The van der Waals surface area contributed by atoms with E-state index >= 15 is 0 Å². The number of amides is 1. The van der Waals surface area contributed by atoms with E-state index in [9.17, 15) is 9.59 Å². The maximum Gasteiger partial charge on any atom is 0.338 e. The summed E-state index contributed by atoms with van der Waals surface area (Å²) >= 11 is 18.0. The number of hydrogen-bond donors (Lipinski definition) is 1. The number of hydrogen-bond acceptors (Lipinski definition) is 3. The highest BCUT2D eigenvalue weighted by Gasteiger charge is 2.18. The Labute approximate surface area is 161 Å². The average Bonchev–Trinajstić information content (AvgIpc) is 2.59. The van der Waals surface area contributed by atoms with Gasteiger partial charge in [0.15, 0.2) is 0 Å². The van der Waals surface area contributed by atoms with E-state index in [1.165, 1.54) is 18.2 Å². The summed E-state index contributed by atoms with van der Waals surface area (Å²) in [4.78, 5) is 24.4. The standard InChI is InChI=1S/C18H16Cl3NO3/c1-2-3-9-25-18(24)11-5-4-6-12(10-11)22-17(23)15-13(19)7-8-14(20)16(15)21/h4-8,10H,2-3,9H2,1H3,(H,22,23). The molecule has 25 heavy (non-hydrogen) atoms. The second-order valence-electron chi connectivity index (χ2n) is 5.24. The van der Waals surface area contributed by atoms with Gasteiger partial charge < -0.3 is 10.1 Å². The molecule has 2 rings (SSSR count). The molecule has 0 aliphatic carbocycles. The van der Waals surface area contributed by atoms with Crippen molar-refractivity contribution in [1.29, 1.82) is 0 Å². The van der Waals surface area contributed by atoms with Crippen molar-refractivity contribution in [2.75, 3.05) is 11.9 Å². The summed E-state index contributed by atoms with van der Waals surface area (Å²) in [7, 11) is 0. The number of carbonyl (C=O) groups excluding carboxylic acids is 2. The minimum Gasteiger partial charge on any atom is -0.462 e. The van der Waals surface area contributed by atoms with Gasteiger partial charge >= 0.3 is 5.97 Å². The van der Waals surface area contributed by atoms with Crippen LogP contribution < -0.4 is 5.32 Å². The molecule has 0 spiro atoms. The Bertz CT molecular complexity index is 793. The summed E-state index contributed by atoms with van der Waals surface area (Å²) in [6, 6.07) is 9.43. The highest BCUT2D eigenvalue weighted by atomic mass is 35.5. The van der Waals surface area contributed by atoms with Crippen LogP contribution in [-0.4, -0.2) is 18.5 Å². The fourth-order valence-corrected chi connectivity index (χ4v) is 2.75. The molecule has 0 atom stereocenters. The van der Waals surface area contributed by atoms with Crippen LogP contribution in [0.25, 0.3) is 0 Å². The topological polar surface area (TPSA) is 55.4 Å². The third-order valence-corrected chi connectivity index (χ3v) is 4.48. The highest BCUT2D eigenvalue weighted by molar-refractivity contribution is 6.46. The maximum atomic E-state index is 12.4. The van der Waals surface area contributed by atoms with Crippen molar-refractivity contribution in [3.05, 3.63) is 62.6 Å². The SMILES string of the molecule is CCCCOC(=O)c1cccc(NC(=O)c2c(Cl)ccc(Cl)c2Cl)c1. The van der Waals surface area contributed by atoms with E-state index in [2.05, 4.69) is 5.32 Å². The third kappa shape index (κ3) is 5.11. The molecule has 1 N–H and O–H groups in total. The van der Waals surface area contributed by atoms with Crippen LogP contribution in [0.4, 0.5) is 5.69 Å². The van der Waals surface area contributed by atoms with Gasteiger partial charge in [0.2, 0.25) is 0 Å². The van der Waals surface area contributed by atoms with E-state index in [-0.39, 0.29) is 20.6 Å². The van der Waals surface area contributed by atoms with Crippen molar-refractivity contribution in [3.63, 3.8) is 0 Å². The molecular formula is C18H16Cl3NO3. The molecule has 0 aliphatic rings. The van der Waals surface area contributed by atoms with Crippen LogP contribution in [0.3, 0.4) is 0 Å². The maximum absolute atomic E-state index is 12.4. The molecule has 0 fully saturated rings. The summed E-state index contributed by atoms with van der Waals surface area (Å²) in [5, 5.41) is 3.14. The van der Waals surface area contributed by atoms with E-state index in [0.29, 0.717) is 17.9 Å². The minimum absolute atomic E-state index is 0.0711. The van der Waals surface area contributed by atoms with E-state index in [1.54, 1.807) is 18.2 Å². The lowest BCUT2D eigenvalue weighted by atomic mass is 10.1. The smallest absolute Gasteiger partial charge is 0.338 e. The van der Waals surface area contributed by atoms with Crippen LogP contribution in [0.2, 0.25) is 15.1 Å². The Balaban J connectivity index is 2.16. The van der Waals surface area contributed by atoms with E-state index in [4.69, 9.17) is 39.5 Å². The quantitative estimate of drug-likeness (QED) is 0.375. The van der Waals surface area contributed by atoms with Crippen molar-refractivity contribution in [2.45, 2.75) is 19.8 Å². The molecule has 2 aromatic rings. The normalized spacial score (nSPS) is 10.4. The number of carbonyl (C=O) groups is 2. The van der Waals surface area contributed by atoms with Crippen LogP contribution in [0, 0.1) is 0 Å². The predicted octanol–water partition coefficient (Wildman–Crippen LogP) is 5.86. The first-order chi connectivity index (χ1) is 11.9. The lowest BCUT2D eigenvalue weighted by molar-refractivity contribution is 0.0499. The summed E-state index contributed by atoms with van der Waals surface area (Å²) in [5.41, 5.74) is 0.839. The minimum atomic E-state index is -0.519. The Kier molecular flexibility index (Phi) is 7.12. The Morgan fingerprint density at radius 2 is 1.80 bits per heavy atom.